The van der Waals surface area contributed by atoms with Gasteiger partial charge >= 0.3 is 0 Å². The maximum atomic E-state index is 12.2. The Morgan fingerprint density at radius 3 is 2.67 bits per heavy atom. The van der Waals surface area contributed by atoms with Crippen LogP contribution >= 0.6 is 23.2 Å². The van der Waals surface area contributed by atoms with Crippen LogP contribution in [0.1, 0.15) is 17.7 Å². The molecule has 12 heavy (non-hydrogen) atoms. The summed E-state index contributed by atoms with van der Waals surface area (Å²) in [5.74, 6) is -0.00671. The van der Waals surface area contributed by atoms with Crippen LogP contribution in [0.25, 0.3) is 0 Å². The molecule has 0 aliphatic rings. The lowest BCUT2D eigenvalue weighted by molar-refractivity contribution is 0.145. The van der Waals surface area contributed by atoms with E-state index in [-0.39, 0.29) is 17.1 Å². The Bertz CT molecular complexity index is 278. The molecule has 66 valence electrons. The predicted octanol–water partition coefficient (Wildman–Crippen LogP) is 3.41. The summed E-state index contributed by atoms with van der Waals surface area (Å²) >= 11 is 11.0. The van der Waals surface area contributed by atoms with Gasteiger partial charge in [0, 0.05) is 12.1 Å². The first-order valence-corrected chi connectivity index (χ1v) is 4.05. The number of aromatic nitrogens is 1. The molecule has 0 unspecified atom stereocenters. The molecule has 0 saturated carbocycles. The molecule has 1 nitrogen and oxygen atoms in total. The van der Waals surface area contributed by atoms with Gasteiger partial charge in [-0.05, 0) is 11.6 Å². The molecule has 0 saturated heterocycles. The van der Waals surface area contributed by atoms with Crippen molar-refractivity contribution in [1.29, 1.82) is 0 Å². The first-order valence-electron chi connectivity index (χ1n) is 3.13. The van der Waals surface area contributed by atoms with Crippen LogP contribution < -0.4 is 0 Å². The summed E-state index contributed by atoms with van der Waals surface area (Å²) in [5, 5.41) is 0.315. The van der Waals surface area contributed by atoms with Crippen molar-refractivity contribution in [2.75, 3.05) is 0 Å². The normalized spacial score (nSPS) is 10.8. The first-order chi connectivity index (χ1) is 5.65. The van der Waals surface area contributed by atoms with E-state index < -0.39 is 6.43 Å². The molecule has 1 heterocycles. The van der Waals surface area contributed by atoms with Crippen LogP contribution in [0.3, 0.4) is 0 Å². The first kappa shape index (κ1) is 9.68. The molecule has 1 rings (SSSR count). The Labute approximate surface area is 78.3 Å². The lowest BCUT2D eigenvalue weighted by Crippen LogP contribution is -1.95. The zero-order chi connectivity index (χ0) is 9.14. The molecule has 0 atom stereocenters. The van der Waals surface area contributed by atoms with Crippen molar-refractivity contribution in [3.05, 3.63) is 28.5 Å². The van der Waals surface area contributed by atoms with Crippen molar-refractivity contribution in [3.63, 3.8) is 0 Å². The minimum atomic E-state index is -2.60. The Balaban J connectivity index is 3.11. The van der Waals surface area contributed by atoms with E-state index in [1.165, 1.54) is 12.3 Å². The molecular formula is C7H5Cl2F2N. The van der Waals surface area contributed by atoms with Crippen molar-refractivity contribution < 1.29 is 8.78 Å². The van der Waals surface area contributed by atoms with Gasteiger partial charge in [-0.2, -0.15) is 0 Å². The minimum Gasteiger partial charge on any atom is -0.253 e. The summed E-state index contributed by atoms with van der Waals surface area (Å²) in [6.45, 7) is 0. The van der Waals surface area contributed by atoms with Crippen LogP contribution in [0.2, 0.25) is 5.02 Å². The van der Waals surface area contributed by atoms with Gasteiger partial charge in [0.25, 0.3) is 6.43 Å². The van der Waals surface area contributed by atoms with E-state index in [0.29, 0.717) is 5.02 Å². The summed E-state index contributed by atoms with van der Waals surface area (Å²) in [4.78, 5) is 3.48. The quantitative estimate of drug-likeness (QED) is 0.684. The van der Waals surface area contributed by atoms with Gasteiger partial charge in [0.1, 0.15) is 5.69 Å². The van der Waals surface area contributed by atoms with E-state index in [4.69, 9.17) is 23.2 Å². The van der Waals surface area contributed by atoms with Gasteiger partial charge in [-0.1, -0.05) is 11.6 Å². The smallest absolute Gasteiger partial charge is 0.253 e. The highest BCUT2D eigenvalue weighted by molar-refractivity contribution is 6.30. The average molecular weight is 212 g/mol. The highest BCUT2D eigenvalue weighted by Crippen LogP contribution is 2.23. The molecule has 0 amide bonds. The van der Waals surface area contributed by atoms with E-state index in [2.05, 4.69) is 4.98 Å². The van der Waals surface area contributed by atoms with E-state index in [9.17, 15) is 8.78 Å². The van der Waals surface area contributed by atoms with E-state index in [0.717, 1.165) is 0 Å². The van der Waals surface area contributed by atoms with Gasteiger partial charge in [-0.15, -0.1) is 11.6 Å². The number of hydrogen-bond donors (Lipinski definition) is 0. The van der Waals surface area contributed by atoms with Crippen molar-refractivity contribution >= 4 is 23.2 Å². The van der Waals surface area contributed by atoms with Crippen LogP contribution in [-0.4, -0.2) is 4.98 Å². The fraction of sp³-hybridized carbons (Fsp3) is 0.286. The summed E-state index contributed by atoms with van der Waals surface area (Å²) in [5.41, 5.74) is -0.0198. The van der Waals surface area contributed by atoms with Gasteiger partial charge in [-0.25, -0.2) is 8.78 Å². The number of halogens is 4. The van der Waals surface area contributed by atoms with Crippen molar-refractivity contribution in [3.8, 4) is 0 Å². The van der Waals surface area contributed by atoms with E-state index >= 15 is 0 Å². The molecular weight excluding hydrogens is 207 g/mol. The maximum absolute atomic E-state index is 12.2. The Hall–Kier alpha value is -0.410. The molecule has 0 spiro atoms. The van der Waals surface area contributed by atoms with Crippen LogP contribution in [0.15, 0.2) is 12.3 Å². The molecule has 0 bridgehead atoms. The number of nitrogens with zero attached hydrogens (tertiary/aromatic N) is 1. The Kier molecular flexibility index (Phi) is 3.23. The molecule has 0 fully saturated rings. The SMILES string of the molecule is FC(F)c1ncc(Cl)cc1CCl. The lowest BCUT2D eigenvalue weighted by Gasteiger charge is -2.04. The summed E-state index contributed by atoms with van der Waals surface area (Å²) in [6, 6.07) is 1.39. The fourth-order valence-corrected chi connectivity index (χ4v) is 1.19. The number of pyridine rings is 1. The molecule has 5 heteroatoms. The zero-order valence-electron chi connectivity index (χ0n) is 5.90. The minimum absolute atomic E-state index is 0.00671. The molecule has 0 aromatic carbocycles. The number of hydrogen-bond acceptors (Lipinski definition) is 1. The molecule has 1 aromatic heterocycles. The largest absolute Gasteiger partial charge is 0.280 e. The second kappa shape index (κ2) is 4.01. The molecule has 0 aliphatic heterocycles. The maximum Gasteiger partial charge on any atom is 0.280 e. The third-order valence-corrected chi connectivity index (χ3v) is 1.81. The topological polar surface area (TPSA) is 12.9 Å². The van der Waals surface area contributed by atoms with Crippen molar-refractivity contribution in [2.24, 2.45) is 0 Å². The highest BCUT2D eigenvalue weighted by Gasteiger charge is 2.13. The van der Waals surface area contributed by atoms with Crippen LogP contribution in [-0.2, 0) is 5.88 Å². The van der Waals surface area contributed by atoms with Crippen LogP contribution in [0.5, 0.6) is 0 Å². The van der Waals surface area contributed by atoms with Gasteiger partial charge in [-0.3, -0.25) is 4.98 Å². The van der Waals surface area contributed by atoms with Gasteiger partial charge < -0.3 is 0 Å². The van der Waals surface area contributed by atoms with Gasteiger partial charge in [0.2, 0.25) is 0 Å². The lowest BCUT2D eigenvalue weighted by atomic mass is 10.2. The predicted molar refractivity (Wildman–Crippen MR) is 43.8 cm³/mol. The van der Waals surface area contributed by atoms with Gasteiger partial charge in [0.05, 0.1) is 5.02 Å². The number of rotatable bonds is 2. The molecule has 0 aliphatic carbocycles. The second-order valence-electron chi connectivity index (χ2n) is 2.13. The van der Waals surface area contributed by atoms with E-state index in [1.807, 2.05) is 0 Å². The fourth-order valence-electron chi connectivity index (χ4n) is 0.795. The summed E-state index contributed by atoms with van der Waals surface area (Å²) in [6.07, 6.45) is -1.42. The summed E-state index contributed by atoms with van der Waals surface area (Å²) in [7, 11) is 0. The molecule has 0 N–H and O–H groups in total. The second-order valence-corrected chi connectivity index (χ2v) is 2.84. The summed E-state index contributed by atoms with van der Waals surface area (Å²) < 4.78 is 24.4. The third-order valence-electron chi connectivity index (χ3n) is 1.32. The molecule has 0 radical (unpaired) electrons. The van der Waals surface area contributed by atoms with Crippen LogP contribution in [0, 0.1) is 0 Å². The van der Waals surface area contributed by atoms with Gasteiger partial charge in [0.15, 0.2) is 0 Å². The van der Waals surface area contributed by atoms with Crippen LogP contribution in [0.4, 0.5) is 8.78 Å². The monoisotopic (exact) mass is 211 g/mol. The van der Waals surface area contributed by atoms with E-state index in [1.54, 1.807) is 0 Å². The molecule has 1 aromatic rings. The van der Waals surface area contributed by atoms with Crippen molar-refractivity contribution in [2.45, 2.75) is 12.3 Å². The third kappa shape index (κ3) is 2.05. The average Bonchev–Trinajstić information content (AvgIpc) is 2.03. The Morgan fingerprint density at radius 1 is 1.50 bits per heavy atom. The highest BCUT2D eigenvalue weighted by atomic mass is 35.5. The number of alkyl halides is 3. The Morgan fingerprint density at radius 2 is 2.17 bits per heavy atom. The zero-order valence-corrected chi connectivity index (χ0v) is 7.41. The van der Waals surface area contributed by atoms with Crippen molar-refractivity contribution in [1.82, 2.24) is 4.98 Å². The standard InChI is InChI=1S/C7H5Cl2F2N/c8-2-4-1-5(9)3-12-6(4)7(10)11/h1,3,7H,2H2.